The zero-order valence-electron chi connectivity index (χ0n) is 22.5. The molecule has 0 saturated carbocycles. The quantitative estimate of drug-likeness (QED) is 0.186. The van der Waals surface area contributed by atoms with Gasteiger partial charge in [-0.1, -0.05) is 22.9 Å². The Bertz CT molecular complexity index is 1720. The van der Waals surface area contributed by atoms with Gasteiger partial charge in [0.25, 0.3) is 5.91 Å². The minimum atomic E-state index is -5.39. The number of nitrogens with two attached hydrogens (primary N) is 2. The second kappa shape index (κ2) is 12.2. The third kappa shape index (κ3) is 6.43. The number of carbonyl (C=O) groups excluding carboxylic acids is 2. The summed E-state index contributed by atoms with van der Waals surface area (Å²) in [7, 11) is 1.32. The molecule has 228 valence electrons. The highest BCUT2D eigenvalue weighted by Gasteiger charge is 2.56. The Kier molecular flexibility index (Phi) is 8.99. The molecule has 43 heavy (non-hydrogen) atoms. The van der Waals surface area contributed by atoms with Crippen molar-refractivity contribution < 1.29 is 41.7 Å². The molecule has 0 bridgehead atoms. The molecule has 2 heterocycles. The third-order valence-electron chi connectivity index (χ3n) is 6.25. The van der Waals surface area contributed by atoms with E-state index in [2.05, 4.69) is 15.3 Å². The molecule has 4 rings (SSSR count). The Morgan fingerprint density at radius 2 is 1.88 bits per heavy atom. The van der Waals surface area contributed by atoms with Crippen molar-refractivity contribution in [3.05, 3.63) is 64.1 Å². The first-order chi connectivity index (χ1) is 20.2. The predicted octanol–water partition coefficient (Wildman–Crippen LogP) is 4.35. The first kappa shape index (κ1) is 31.7. The van der Waals surface area contributed by atoms with Gasteiger partial charge in [-0.15, -0.1) is 0 Å². The van der Waals surface area contributed by atoms with Crippen molar-refractivity contribution in [2.45, 2.75) is 25.1 Å². The van der Waals surface area contributed by atoms with Gasteiger partial charge in [0.1, 0.15) is 28.5 Å². The van der Waals surface area contributed by atoms with Crippen molar-refractivity contribution in [1.29, 1.82) is 0 Å². The van der Waals surface area contributed by atoms with Gasteiger partial charge >= 0.3 is 6.18 Å². The maximum Gasteiger partial charge on any atom is 0.424 e. The maximum absolute atomic E-state index is 14.6. The van der Waals surface area contributed by atoms with Gasteiger partial charge in [-0.05, 0) is 43.3 Å². The number of hydrogen-bond acceptors (Lipinski definition) is 9. The number of ether oxygens (including phenoxy) is 2. The number of benzene rings is 2. The van der Waals surface area contributed by atoms with Crippen LogP contribution in [0.2, 0.25) is 5.02 Å². The minimum Gasteiger partial charge on any atom is -0.494 e. The molecule has 10 nitrogen and oxygen atoms in total. The summed E-state index contributed by atoms with van der Waals surface area (Å²) in [4.78, 5) is 33.0. The van der Waals surface area contributed by atoms with Crippen LogP contribution in [0.1, 0.15) is 28.5 Å². The van der Waals surface area contributed by atoms with Gasteiger partial charge in [0.15, 0.2) is 5.13 Å². The number of hydrogen-bond donors (Lipinski definition) is 4. The number of pyridine rings is 1. The van der Waals surface area contributed by atoms with Crippen molar-refractivity contribution >= 4 is 50.1 Å². The van der Waals surface area contributed by atoms with Gasteiger partial charge in [0, 0.05) is 16.7 Å². The number of primary amides is 1. The number of nitrogen functional groups attached to an aromatic ring is 1. The van der Waals surface area contributed by atoms with Crippen LogP contribution < -0.4 is 26.3 Å². The molecule has 1 atom stereocenters. The van der Waals surface area contributed by atoms with Crippen LogP contribution in [0.4, 0.5) is 22.7 Å². The monoisotopic (exact) mass is 641 g/mol. The zero-order chi connectivity index (χ0) is 31.7. The molecule has 0 aliphatic heterocycles. The summed E-state index contributed by atoms with van der Waals surface area (Å²) in [6.45, 7) is 0.201. The van der Waals surface area contributed by atoms with Gasteiger partial charge < -0.3 is 31.4 Å². The minimum absolute atomic E-state index is 0.00747. The summed E-state index contributed by atoms with van der Waals surface area (Å²) in [6.07, 6.45) is -5.99. The molecule has 0 spiro atoms. The van der Waals surface area contributed by atoms with Crippen molar-refractivity contribution in [2.24, 2.45) is 5.73 Å². The standard InChI is InChI=1S/C27H24ClF4N5O5S/c1-3-42-23-13(10-20(33)38)9-19(36-21(23)12-4-5-16(29)15(28)6-12)26(40,27(30,31)32)11-35-24(39)14-7-17(41-2)22-18(8-14)43-25(34)37-22/h4-9,40H,3,10-11H2,1-2H3,(H2,33,38)(H2,34,37)(H,35,39)/t26-/m0/s1. The average molecular weight is 642 g/mol. The summed E-state index contributed by atoms with van der Waals surface area (Å²) in [5.41, 5.74) is 6.21. The number of nitrogens with zero attached hydrogens (tertiary/aromatic N) is 2. The second-order valence-electron chi connectivity index (χ2n) is 9.17. The van der Waals surface area contributed by atoms with Crippen LogP contribution in [0.15, 0.2) is 36.4 Å². The van der Waals surface area contributed by atoms with E-state index in [0.29, 0.717) is 10.2 Å². The number of anilines is 1. The van der Waals surface area contributed by atoms with Crippen molar-refractivity contribution in [3.63, 3.8) is 0 Å². The lowest BCUT2D eigenvalue weighted by Gasteiger charge is -2.31. The van der Waals surface area contributed by atoms with Gasteiger partial charge in [-0.3, -0.25) is 9.59 Å². The smallest absolute Gasteiger partial charge is 0.424 e. The number of amides is 2. The Hall–Kier alpha value is -4.21. The van der Waals surface area contributed by atoms with Crippen LogP contribution >= 0.6 is 22.9 Å². The van der Waals surface area contributed by atoms with Crippen LogP contribution in [0.25, 0.3) is 21.5 Å². The van der Waals surface area contributed by atoms with Crippen LogP contribution in [0, 0.1) is 5.82 Å². The first-order valence-electron chi connectivity index (χ1n) is 12.4. The van der Waals surface area contributed by atoms with Crippen molar-refractivity contribution in [3.8, 4) is 22.8 Å². The van der Waals surface area contributed by atoms with Gasteiger partial charge in [-0.2, -0.15) is 13.2 Å². The topological polar surface area (TPSA) is 163 Å². The number of alkyl halides is 3. The highest BCUT2D eigenvalue weighted by Crippen LogP contribution is 2.42. The lowest BCUT2D eigenvalue weighted by molar-refractivity contribution is -0.265. The first-order valence-corrected chi connectivity index (χ1v) is 13.6. The van der Waals surface area contributed by atoms with E-state index in [9.17, 15) is 32.3 Å². The molecule has 0 aliphatic rings. The molecule has 0 unspecified atom stereocenters. The lowest BCUT2D eigenvalue weighted by atomic mass is 9.93. The highest BCUT2D eigenvalue weighted by atomic mass is 35.5. The summed E-state index contributed by atoms with van der Waals surface area (Å²) >= 11 is 6.94. The Labute approximate surface area is 250 Å². The summed E-state index contributed by atoms with van der Waals surface area (Å²) in [5, 5.41) is 13.1. The Balaban J connectivity index is 1.82. The van der Waals surface area contributed by atoms with E-state index in [1.807, 2.05) is 0 Å². The van der Waals surface area contributed by atoms with E-state index in [4.69, 9.17) is 32.5 Å². The van der Waals surface area contributed by atoms with E-state index >= 15 is 0 Å². The number of aliphatic hydroxyl groups is 1. The molecular weight excluding hydrogens is 618 g/mol. The average Bonchev–Trinajstić information content (AvgIpc) is 3.32. The molecule has 6 N–H and O–H groups in total. The number of nitrogens with one attached hydrogen (secondary N) is 1. The summed E-state index contributed by atoms with van der Waals surface area (Å²) in [5.74, 6) is -2.66. The SMILES string of the molecule is CCOc1c(CC(N)=O)cc([C@@](O)(CNC(=O)c2cc(OC)c3nc(N)sc3c2)C(F)(F)F)nc1-c1ccc(F)c(Cl)c1. The highest BCUT2D eigenvalue weighted by molar-refractivity contribution is 7.22. The number of rotatable bonds is 10. The normalized spacial score (nSPS) is 13.0. The summed E-state index contributed by atoms with van der Waals surface area (Å²) < 4.78 is 68.9. The maximum atomic E-state index is 14.6. The zero-order valence-corrected chi connectivity index (χ0v) is 24.1. The van der Waals surface area contributed by atoms with E-state index in [0.717, 1.165) is 29.5 Å². The fourth-order valence-corrected chi connectivity index (χ4v) is 5.18. The van der Waals surface area contributed by atoms with E-state index in [-0.39, 0.29) is 50.6 Å². The molecule has 2 aromatic carbocycles. The van der Waals surface area contributed by atoms with Gasteiger partial charge in [0.2, 0.25) is 11.5 Å². The van der Waals surface area contributed by atoms with Crippen molar-refractivity contribution in [2.75, 3.05) is 26.0 Å². The predicted molar refractivity (Wildman–Crippen MR) is 152 cm³/mol. The molecule has 0 radical (unpaired) electrons. The van der Waals surface area contributed by atoms with Crippen LogP contribution in [0.3, 0.4) is 0 Å². The number of fused-ring (bicyclic) bond motifs is 1. The Morgan fingerprint density at radius 3 is 2.49 bits per heavy atom. The number of methoxy groups -OCH3 is 1. The van der Waals surface area contributed by atoms with Gasteiger partial charge in [0.05, 0.1) is 42.1 Å². The van der Waals surface area contributed by atoms with Gasteiger partial charge in [-0.25, -0.2) is 14.4 Å². The molecule has 4 aromatic rings. The van der Waals surface area contributed by atoms with E-state index < -0.39 is 48.1 Å². The lowest BCUT2D eigenvalue weighted by Crippen LogP contribution is -2.51. The number of halogens is 5. The molecule has 0 aliphatic carbocycles. The van der Waals surface area contributed by atoms with Crippen molar-refractivity contribution in [1.82, 2.24) is 15.3 Å². The Morgan fingerprint density at radius 1 is 1.16 bits per heavy atom. The molecule has 0 fully saturated rings. The molecular formula is C27H24ClF4N5O5S. The molecule has 2 aromatic heterocycles. The fourth-order valence-electron chi connectivity index (χ4n) is 4.21. The summed E-state index contributed by atoms with van der Waals surface area (Å²) in [6, 6.07) is 6.70. The van der Waals surface area contributed by atoms with Crippen LogP contribution in [0.5, 0.6) is 11.5 Å². The van der Waals surface area contributed by atoms with Crippen LogP contribution in [-0.2, 0) is 16.8 Å². The second-order valence-corrected chi connectivity index (χ2v) is 10.6. The third-order valence-corrected chi connectivity index (χ3v) is 7.37. The molecule has 0 saturated heterocycles. The van der Waals surface area contributed by atoms with Crippen LogP contribution in [-0.4, -0.2) is 53.3 Å². The molecule has 2 amide bonds. The number of aromatic nitrogens is 2. The largest absolute Gasteiger partial charge is 0.494 e. The number of carbonyl (C=O) groups is 2. The number of thiazole rings is 1. The van der Waals surface area contributed by atoms with E-state index in [1.54, 1.807) is 6.92 Å². The fraction of sp³-hybridized carbons (Fsp3) is 0.259. The van der Waals surface area contributed by atoms with E-state index in [1.165, 1.54) is 25.3 Å². The molecule has 16 heteroatoms.